The van der Waals surface area contributed by atoms with Gasteiger partial charge in [-0.1, -0.05) is 60.5 Å². The summed E-state index contributed by atoms with van der Waals surface area (Å²) in [6, 6.07) is 0. The average molecular weight is 413 g/mol. The Balaban J connectivity index is 1.50. The molecule has 0 bridgehead atoms. The molecule has 0 aliphatic heterocycles. The standard InChI is InChI=1S/C29H48O/c1-7-21(19(2)3)12-11-20(4)23-13-14-24-22-18-27(30)26-10-8-9-16-28(26,5)25(22)15-17-29(23,24)6/h10,19-25H,7-9,11-18H2,1-6H3/t20-,21?,22+,23-,24+,25+,28-,29-/m1/s1. The van der Waals surface area contributed by atoms with Crippen LogP contribution in [0.15, 0.2) is 11.6 Å². The van der Waals surface area contributed by atoms with Crippen LogP contribution in [0.25, 0.3) is 0 Å². The summed E-state index contributed by atoms with van der Waals surface area (Å²) in [5.74, 6) is 6.15. The summed E-state index contributed by atoms with van der Waals surface area (Å²) in [5, 5.41) is 0. The third-order valence-corrected chi connectivity index (χ3v) is 11.1. The van der Waals surface area contributed by atoms with Crippen molar-refractivity contribution in [2.45, 2.75) is 112 Å². The Bertz CT molecular complexity index is 674. The topological polar surface area (TPSA) is 17.1 Å². The minimum atomic E-state index is 0.189. The van der Waals surface area contributed by atoms with Crippen molar-refractivity contribution in [1.82, 2.24) is 0 Å². The van der Waals surface area contributed by atoms with Crippen molar-refractivity contribution in [1.29, 1.82) is 0 Å². The first-order valence-corrected chi connectivity index (χ1v) is 13.5. The van der Waals surface area contributed by atoms with E-state index in [0.717, 1.165) is 48.3 Å². The van der Waals surface area contributed by atoms with Gasteiger partial charge < -0.3 is 0 Å². The van der Waals surface area contributed by atoms with Gasteiger partial charge in [0.2, 0.25) is 0 Å². The van der Waals surface area contributed by atoms with E-state index in [4.69, 9.17) is 0 Å². The smallest absolute Gasteiger partial charge is 0.159 e. The summed E-state index contributed by atoms with van der Waals surface area (Å²) < 4.78 is 0. The first kappa shape index (κ1) is 22.6. The van der Waals surface area contributed by atoms with E-state index < -0.39 is 0 Å². The van der Waals surface area contributed by atoms with E-state index in [-0.39, 0.29) is 5.41 Å². The Kier molecular flexibility index (Phi) is 6.33. The molecule has 3 saturated carbocycles. The Morgan fingerprint density at radius 3 is 2.50 bits per heavy atom. The van der Waals surface area contributed by atoms with Crippen LogP contribution in [0, 0.1) is 52.3 Å². The van der Waals surface area contributed by atoms with E-state index in [2.05, 4.69) is 47.6 Å². The van der Waals surface area contributed by atoms with E-state index in [0.29, 0.717) is 17.1 Å². The lowest BCUT2D eigenvalue weighted by atomic mass is 9.46. The Hall–Kier alpha value is -0.590. The van der Waals surface area contributed by atoms with E-state index in [1.807, 2.05) is 0 Å². The maximum atomic E-state index is 13.2. The molecular weight excluding hydrogens is 364 g/mol. The molecule has 0 saturated heterocycles. The second-order valence-corrected chi connectivity index (χ2v) is 12.6. The van der Waals surface area contributed by atoms with Crippen LogP contribution in [-0.2, 0) is 4.79 Å². The molecule has 4 rings (SSSR count). The molecule has 1 heteroatoms. The lowest BCUT2D eigenvalue weighted by molar-refractivity contribution is -0.129. The van der Waals surface area contributed by atoms with Crippen molar-refractivity contribution < 1.29 is 4.79 Å². The fourth-order valence-electron chi connectivity index (χ4n) is 9.25. The Morgan fingerprint density at radius 2 is 1.80 bits per heavy atom. The molecule has 30 heavy (non-hydrogen) atoms. The summed E-state index contributed by atoms with van der Waals surface area (Å²) in [5.41, 5.74) is 1.91. The summed E-state index contributed by atoms with van der Waals surface area (Å²) in [4.78, 5) is 13.2. The molecule has 0 aromatic heterocycles. The summed E-state index contributed by atoms with van der Waals surface area (Å²) in [6.07, 6.45) is 16.6. The van der Waals surface area contributed by atoms with Gasteiger partial charge in [-0.2, -0.15) is 0 Å². The predicted octanol–water partition coefficient (Wildman–Crippen LogP) is 8.23. The minimum absolute atomic E-state index is 0.189. The molecule has 4 aliphatic rings. The van der Waals surface area contributed by atoms with Gasteiger partial charge in [0, 0.05) is 6.42 Å². The second-order valence-electron chi connectivity index (χ2n) is 12.6. The summed E-state index contributed by atoms with van der Waals surface area (Å²) >= 11 is 0. The van der Waals surface area contributed by atoms with Crippen molar-refractivity contribution >= 4 is 5.78 Å². The van der Waals surface area contributed by atoms with Crippen LogP contribution in [-0.4, -0.2) is 5.78 Å². The number of hydrogen-bond acceptors (Lipinski definition) is 1. The third-order valence-electron chi connectivity index (χ3n) is 11.1. The van der Waals surface area contributed by atoms with Crippen molar-refractivity contribution in [3.8, 4) is 0 Å². The van der Waals surface area contributed by atoms with Gasteiger partial charge in [-0.3, -0.25) is 4.79 Å². The number of rotatable bonds is 6. The van der Waals surface area contributed by atoms with Gasteiger partial charge in [-0.25, -0.2) is 0 Å². The normalized spacial score (nSPS) is 42.9. The zero-order chi connectivity index (χ0) is 21.7. The SMILES string of the molecule is CCC(CC[C@@H](C)[C@H]1CC[C@H]2[C@@H]3CC(=O)C4=CCCC[C@]4(C)[C@H]3CC[C@]12C)C(C)C. The molecule has 3 fully saturated rings. The van der Waals surface area contributed by atoms with E-state index in [9.17, 15) is 4.79 Å². The summed E-state index contributed by atoms with van der Waals surface area (Å²) in [7, 11) is 0. The van der Waals surface area contributed by atoms with Crippen LogP contribution in [0.4, 0.5) is 0 Å². The molecular formula is C29H48O. The third kappa shape index (κ3) is 3.55. The molecule has 0 aromatic carbocycles. The van der Waals surface area contributed by atoms with E-state index >= 15 is 0 Å². The van der Waals surface area contributed by atoms with Crippen molar-refractivity contribution in [2.75, 3.05) is 0 Å². The number of Topliss-reactive ketones (excluding diaryl/α,β-unsaturated/α-hetero) is 1. The van der Waals surface area contributed by atoms with Gasteiger partial charge in [0.15, 0.2) is 5.78 Å². The first-order valence-electron chi connectivity index (χ1n) is 13.5. The highest BCUT2D eigenvalue weighted by atomic mass is 16.1. The lowest BCUT2D eigenvalue weighted by Gasteiger charge is -2.58. The summed E-state index contributed by atoms with van der Waals surface area (Å²) in [6.45, 7) is 14.8. The predicted molar refractivity (Wildman–Crippen MR) is 127 cm³/mol. The van der Waals surface area contributed by atoms with Crippen LogP contribution in [0.3, 0.4) is 0 Å². The highest BCUT2D eigenvalue weighted by molar-refractivity contribution is 5.98. The highest BCUT2D eigenvalue weighted by Crippen LogP contribution is 2.67. The van der Waals surface area contributed by atoms with Crippen LogP contribution in [0.2, 0.25) is 0 Å². The van der Waals surface area contributed by atoms with Gasteiger partial charge in [-0.15, -0.1) is 0 Å². The fourth-order valence-corrected chi connectivity index (χ4v) is 9.25. The van der Waals surface area contributed by atoms with Crippen LogP contribution in [0.1, 0.15) is 112 Å². The van der Waals surface area contributed by atoms with Crippen molar-refractivity contribution in [2.24, 2.45) is 52.3 Å². The molecule has 0 N–H and O–H groups in total. The molecule has 4 aliphatic carbocycles. The molecule has 0 amide bonds. The van der Waals surface area contributed by atoms with Gasteiger partial charge in [0.1, 0.15) is 0 Å². The Labute approximate surface area is 186 Å². The van der Waals surface area contributed by atoms with E-state index in [1.54, 1.807) is 0 Å². The van der Waals surface area contributed by atoms with Gasteiger partial charge >= 0.3 is 0 Å². The largest absolute Gasteiger partial charge is 0.295 e. The van der Waals surface area contributed by atoms with Crippen molar-refractivity contribution in [3.63, 3.8) is 0 Å². The molecule has 0 heterocycles. The lowest BCUT2D eigenvalue weighted by Crippen LogP contribution is -2.52. The Morgan fingerprint density at radius 1 is 1.03 bits per heavy atom. The maximum absolute atomic E-state index is 13.2. The van der Waals surface area contributed by atoms with Crippen molar-refractivity contribution in [3.05, 3.63) is 11.6 Å². The van der Waals surface area contributed by atoms with Gasteiger partial charge in [0.25, 0.3) is 0 Å². The number of allylic oxidation sites excluding steroid dienone is 2. The number of carbonyl (C=O) groups is 1. The van der Waals surface area contributed by atoms with E-state index in [1.165, 1.54) is 63.4 Å². The zero-order valence-electron chi connectivity index (χ0n) is 20.8. The number of carbonyl (C=O) groups excluding carboxylic acids is 1. The maximum Gasteiger partial charge on any atom is 0.159 e. The quantitative estimate of drug-likeness (QED) is 0.429. The molecule has 1 unspecified atom stereocenters. The monoisotopic (exact) mass is 412 g/mol. The van der Waals surface area contributed by atoms with Crippen LogP contribution >= 0.6 is 0 Å². The van der Waals surface area contributed by atoms with Crippen LogP contribution < -0.4 is 0 Å². The number of hydrogen-bond donors (Lipinski definition) is 0. The molecule has 0 aromatic rings. The molecule has 1 nitrogen and oxygen atoms in total. The fraction of sp³-hybridized carbons (Fsp3) is 0.897. The van der Waals surface area contributed by atoms with Gasteiger partial charge in [0.05, 0.1) is 0 Å². The number of ketones is 1. The molecule has 0 radical (unpaired) electrons. The minimum Gasteiger partial charge on any atom is -0.295 e. The highest BCUT2D eigenvalue weighted by Gasteiger charge is 2.60. The zero-order valence-corrected chi connectivity index (χ0v) is 20.8. The second kappa shape index (κ2) is 8.40. The molecule has 170 valence electrons. The molecule has 0 spiro atoms. The van der Waals surface area contributed by atoms with Crippen LogP contribution in [0.5, 0.6) is 0 Å². The molecule has 8 atom stereocenters. The average Bonchev–Trinajstić information content (AvgIpc) is 3.05. The van der Waals surface area contributed by atoms with Gasteiger partial charge in [-0.05, 0) is 109 Å². The number of fused-ring (bicyclic) bond motifs is 5. The first-order chi connectivity index (χ1) is 14.2.